The lowest BCUT2D eigenvalue weighted by Crippen LogP contribution is -2.31. The minimum Gasteiger partial charge on any atom is -0.399 e. The van der Waals surface area contributed by atoms with Crippen molar-refractivity contribution in [1.82, 2.24) is 14.7 Å². The van der Waals surface area contributed by atoms with Crippen LogP contribution in [-0.4, -0.2) is 27.1 Å². The van der Waals surface area contributed by atoms with Gasteiger partial charge < -0.3 is 10.6 Å². The molecule has 2 N–H and O–H groups in total. The van der Waals surface area contributed by atoms with Crippen LogP contribution in [0.4, 0.5) is 5.69 Å². The number of hydrogen-bond donors (Lipinski definition) is 1. The highest BCUT2D eigenvalue weighted by Gasteiger charge is 2.34. The summed E-state index contributed by atoms with van der Waals surface area (Å²) in [6, 6.07) is 5.64. The summed E-state index contributed by atoms with van der Waals surface area (Å²) in [4.78, 5) is 15.1. The van der Waals surface area contributed by atoms with Crippen molar-refractivity contribution in [2.24, 2.45) is 7.05 Å². The highest BCUT2D eigenvalue weighted by molar-refractivity contribution is 5.97. The molecular formula is C18H26Cl2N4O. The van der Waals surface area contributed by atoms with E-state index in [-0.39, 0.29) is 36.8 Å². The van der Waals surface area contributed by atoms with Crippen LogP contribution in [0.2, 0.25) is 0 Å². The van der Waals surface area contributed by atoms with Crippen molar-refractivity contribution in [3.8, 4) is 0 Å². The molecule has 3 rings (SSSR count). The monoisotopic (exact) mass is 384 g/mol. The zero-order chi connectivity index (χ0) is 16.7. The van der Waals surface area contributed by atoms with Gasteiger partial charge in [-0.1, -0.05) is 6.07 Å². The number of likely N-dealkylation sites (tertiary alicyclic amines) is 1. The highest BCUT2D eigenvalue weighted by Crippen LogP contribution is 2.36. The van der Waals surface area contributed by atoms with E-state index in [4.69, 9.17) is 5.73 Å². The van der Waals surface area contributed by atoms with Gasteiger partial charge in [-0.2, -0.15) is 5.10 Å². The third-order valence-electron chi connectivity index (χ3n) is 4.90. The number of carbonyl (C=O) groups excluding carboxylic acids is 1. The summed E-state index contributed by atoms with van der Waals surface area (Å²) in [5.74, 6) is 0.0694. The number of benzene rings is 1. The Balaban J connectivity index is 0.00000156. The molecule has 1 aromatic heterocycles. The van der Waals surface area contributed by atoms with Crippen LogP contribution < -0.4 is 5.73 Å². The number of aryl methyl sites for hydroxylation is 3. The quantitative estimate of drug-likeness (QED) is 0.801. The molecule has 1 aliphatic rings. The number of halogens is 2. The van der Waals surface area contributed by atoms with Gasteiger partial charge in [-0.3, -0.25) is 9.48 Å². The summed E-state index contributed by atoms with van der Waals surface area (Å²) < 4.78 is 1.90. The predicted molar refractivity (Wildman–Crippen MR) is 106 cm³/mol. The van der Waals surface area contributed by atoms with Crippen LogP contribution in [0.5, 0.6) is 0 Å². The number of nitrogens with two attached hydrogens (primary N) is 1. The number of rotatable bonds is 2. The largest absolute Gasteiger partial charge is 0.399 e. The summed E-state index contributed by atoms with van der Waals surface area (Å²) in [5.41, 5.74) is 11.5. The van der Waals surface area contributed by atoms with Crippen molar-refractivity contribution in [3.63, 3.8) is 0 Å². The first-order valence-electron chi connectivity index (χ1n) is 8.07. The second kappa shape index (κ2) is 8.11. The van der Waals surface area contributed by atoms with E-state index in [2.05, 4.69) is 12.0 Å². The van der Waals surface area contributed by atoms with Crippen molar-refractivity contribution < 1.29 is 4.79 Å². The molecule has 1 amide bonds. The maximum atomic E-state index is 13.1. The van der Waals surface area contributed by atoms with Crippen LogP contribution >= 0.6 is 24.8 Å². The van der Waals surface area contributed by atoms with Crippen molar-refractivity contribution in [2.45, 2.75) is 39.7 Å². The van der Waals surface area contributed by atoms with Crippen LogP contribution in [0, 0.1) is 20.8 Å². The predicted octanol–water partition coefficient (Wildman–Crippen LogP) is 3.75. The number of nitrogen functional groups attached to an aromatic ring is 1. The van der Waals surface area contributed by atoms with Gasteiger partial charge in [0, 0.05) is 36.1 Å². The number of aromatic nitrogens is 2. The normalized spacial score (nSPS) is 16.3. The zero-order valence-electron chi connectivity index (χ0n) is 15.1. The molecule has 5 nitrogen and oxygen atoms in total. The van der Waals surface area contributed by atoms with Gasteiger partial charge in [0.25, 0.3) is 5.91 Å². The second-order valence-electron chi connectivity index (χ2n) is 6.44. The number of nitrogens with zero attached hydrogens (tertiary/aromatic N) is 3. The molecule has 1 atom stereocenters. The molecule has 2 heterocycles. The Morgan fingerprint density at radius 1 is 1.24 bits per heavy atom. The maximum Gasteiger partial charge on any atom is 0.254 e. The Morgan fingerprint density at radius 3 is 2.52 bits per heavy atom. The van der Waals surface area contributed by atoms with E-state index < -0.39 is 0 Å². The number of amides is 1. The molecule has 138 valence electrons. The number of hydrogen-bond acceptors (Lipinski definition) is 3. The molecule has 25 heavy (non-hydrogen) atoms. The van der Waals surface area contributed by atoms with E-state index >= 15 is 0 Å². The van der Waals surface area contributed by atoms with E-state index in [1.54, 1.807) is 6.07 Å². The summed E-state index contributed by atoms with van der Waals surface area (Å²) in [6.45, 7) is 6.83. The molecule has 1 fully saturated rings. The number of anilines is 1. The van der Waals surface area contributed by atoms with Gasteiger partial charge in [-0.25, -0.2) is 0 Å². The highest BCUT2D eigenvalue weighted by atomic mass is 35.5. The average molecular weight is 385 g/mol. The summed E-state index contributed by atoms with van der Waals surface area (Å²) in [6.07, 6.45) is 2.01. The summed E-state index contributed by atoms with van der Waals surface area (Å²) in [7, 11) is 1.95. The fourth-order valence-electron chi connectivity index (χ4n) is 3.61. The first-order valence-corrected chi connectivity index (χ1v) is 8.07. The van der Waals surface area contributed by atoms with Gasteiger partial charge in [0.05, 0.1) is 11.7 Å². The van der Waals surface area contributed by atoms with Gasteiger partial charge in [0.15, 0.2) is 0 Å². The van der Waals surface area contributed by atoms with Gasteiger partial charge in [-0.05, 0) is 51.3 Å². The first kappa shape index (κ1) is 21.3. The molecular weight excluding hydrogens is 359 g/mol. The van der Waals surface area contributed by atoms with E-state index in [0.717, 1.165) is 36.3 Å². The zero-order valence-corrected chi connectivity index (χ0v) is 16.7. The van der Waals surface area contributed by atoms with Crippen LogP contribution in [0.25, 0.3) is 0 Å². The molecule has 1 aliphatic heterocycles. The Hall–Kier alpha value is -1.72. The second-order valence-corrected chi connectivity index (χ2v) is 6.44. The molecule has 2 aromatic rings. The van der Waals surface area contributed by atoms with Crippen molar-refractivity contribution in [2.75, 3.05) is 12.3 Å². The van der Waals surface area contributed by atoms with Gasteiger partial charge >= 0.3 is 0 Å². The van der Waals surface area contributed by atoms with Gasteiger partial charge in [-0.15, -0.1) is 24.8 Å². The molecule has 0 radical (unpaired) electrons. The standard InChI is InChI=1S/C18H24N4O.2ClH/c1-11-7-8-14(19)10-15(11)18(23)22-9-5-6-16(22)17-12(2)20-21(4)13(17)3;;/h7-8,10,16H,5-6,9,19H2,1-4H3;2*1H. The third-order valence-corrected chi connectivity index (χ3v) is 4.90. The van der Waals surface area contributed by atoms with Crippen molar-refractivity contribution in [1.29, 1.82) is 0 Å². The fourth-order valence-corrected chi connectivity index (χ4v) is 3.61. The van der Waals surface area contributed by atoms with Crippen LogP contribution in [0.15, 0.2) is 18.2 Å². The van der Waals surface area contributed by atoms with Crippen LogP contribution in [0.3, 0.4) is 0 Å². The smallest absolute Gasteiger partial charge is 0.254 e. The van der Waals surface area contributed by atoms with Crippen LogP contribution in [-0.2, 0) is 7.05 Å². The molecule has 7 heteroatoms. The minimum absolute atomic E-state index is 0. The van der Waals surface area contributed by atoms with Gasteiger partial charge in [0.2, 0.25) is 0 Å². The fraction of sp³-hybridized carbons (Fsp3) is 0.444. The van der Waals surface area contributed by atoms with E-state index in [1.807, 2.05) is 42.6 Å². The Labute approximate surface area is 161 Å². The van der Waals surface area contributed by atoms with Crippen molar-refractivity contribution >= 4 is 36.4 Å². The molecule has 1 saturated heterocycles. The summed E-state index contributed by atoms with van der Waals surface area (Å²) in [5, 5.41) is 4.51. The first-order chi connectivity index (χ1) is 10.9. The van der Waals surface area contributed by atoms with E-state index in [1.165, 1.54) is 5.56 Å². The lowest BCUT2D eigenvalue weighted by molar-refractivity contribution is 0.0734. The number of carbonyl (C=O) groups is 1. The van der Waals surface area contributed by atoms with Crippen molar-refractivity contribution in [3.05, 3.63) is 46.3 Å². The van der Waals surface area contributed by atoms with Gasteiger partial charge in [0.1, 0.15) is 0 Å². The molecule has 0 saturated carbocycles. The Kier molecular flexibility index (Phi) is 6.91. The maximum absolute atomic E-state index is 13.1. The summed E-state index contributed by atoms with van der Waals surface area (Å²) >= 11 is 0. The molecule has 0 bridgehead atoms. The molecule has 0 spiro atoms. The third kappa shape index (κ3) is 3.77. The van der Waals surface area contributed by atoms with E-state index in [9.17, 15) is 4.79 Å². The topological polar surface area (TPSA) is 64.2 Å². The Morgan fingerprint density at radius 2 is 1.92 bits per heavy atom. The minimum atomic E-state index is 0. The lowest BCUT2D eigenvalue weighted by Gasteiger charge is -2.26. The lowest BCUT2D eigenvalue weighted by atomic mass is 10.0. The average Bonchev–Trinajstić information content (AvgIpc) is 3.06. The Bertz CT molecular complexity index is 773. The molecule has 1 aromatic carbocycles. The SMILES string of the molecule is Cc1ccc(N)cc1C(=O)N1CCCC1c1c(C)nn(C)c1C.Cl.Cl. The van der Waals surface area contributed by atoms with E-state index in [0.29, 0.717) is 11.3 Å². The van der Waals surface area contributed by atoms with Crippen LogP contribution in [0.1, 0.15) is 51.8 Å². The molecule has 0 aliphatic carbocycles. The molecule has 1 unspecified atom stereocenters.